The maximum atomic E-state index is 11.8. The first kappa shape index (κ1) is 13.3. The van der Waals surface area contributed by atoms with Crippen molar-refractivity contribution < 1.29 is 9.90 Å². The zero-order chi connectivity index (χ0) is 13.1. The lowest BCUT2D eigenvalue weighted by Gasteiger charge is -2.37. The van der Waals surface area contributed by atoms with E-state index in [1.165, 1.54) is 0 Å². The molecule has 0 aliphatic carbocycles. The van der Waals surface area contributed by atoms with Crippen LogP contribution in [0.25, 0.3) is 0 Å². The first-order valence-corrected chi connectivity index (χ1v) is 6.35. The van der Waals surface area contributed by atoms with Crippen LogP contribution in [-0.4, -0.2) is 42.2 Å². The molecule has 0 radical (unpaired) electrons. The number of carbonyl (C=O) groups excluding carboxylic acids is 1. The van der Waals surface area contributed by atoms with E-state index in [2.05, 4.69) is 5.32 Å². The summed E-state index contributed by atoms with van der Waals surface area (Å²) in [5, 5.41) is 12.2. The Balaban J connectivity index is 1.84. The summed E-state index contributed by atoms with van der Waals surface area (Å²) in [6.45, 7) is 4.06. The molecule has 0 spiro atoms. The highest BCUT2D eigenvalue weighted by molar-refractivity contribution is 6.33. The number of aliphatic hydroxyl groups excluding tert-OH is 1. The maximum Gasteiger partial charge on any atom is 0.238 e. The van der Waals surface area contributed by atoms with Crippen LogP contribution in [0, 0.1) is 12.8 Å². The van der Waals surface area contributed by atoms with Crippen molar-refractivity contribution in [3.8, 4) is 0 Å². The van der Waals surface area contributed by atoms with Gasteiger partial charge in [-0.05, 0) is 24.6 Å². The lowest BCUT2D eigenvalue weighted by atomic mass is 10.0. The van der Waals surface area contributed by atoms with Crippen molar-refractivity contribution in [3.63, 3.8) is 0 Å². The Morgan fingerprint density at radius 2 is 2.28 bits per heavy atom. The van der Waals surface area contributed by atoms with Crippen molar-refractivity contribution in [1.29, 1.82) is 0 Å². The van der Waals surface area contributed by atoms with Crippen LogP contribution in [0.1, 0.15) is 5.56 Å². The van der Waals surface area contributed by atoms with Gasteiger partial charge in [-0.3, -0.25) is 9.69 Å². The summed E-state index contributed by atoms with van der Waals surface area (Å²) >= 11 is 6.04. The van der Waals surface area contributed by atoms with E-state index >= 15 is 0 Å². The van der Waals surface area contributed by atoms with Gasteiger partial charge in [0.05, 0.1) is 17.3 Å². The van der Waals surface area contributed by atoms with Gasteiger partial charge in [0.25, 0.3) is 0 Å². The predicted octanol–water partition coefficient (Wildman–Crippen LogP) is 1.51. The minimum Gasteiger partial charge on any atom is -0.396 e. The fourth-order valence-electron chi connectivity index (χ4n) is 2.04. The molecule has 4 nitrogen and oxygen atoms in total. The quantitative estimate of drug-likeness (QED) is 0.870. The maximum absolute atomic E-state index is 11.8. The molecule has 1 saturated heterocycles. The Bertz CT molecular complexity index is 445. The fourth-order valence-corrected chi connectivity index (χ4v) is 2.32. The minimum atomic E-state index is -0.0721. The van der Waals surface area contributed by atoms with Crippen molar-refractivity contribution in [2.75, 3.05) is 31.6 Å². The molecule has 0 bridgehead atoms. The van der Waals surface area contributed by atoms with Crippen molar-refractivity contribution in [3.05, 3.63) is 28.8 Å². The Kier molecular flexibility index (Phi) is 4.22. The van der Waals surface area contributed by atoms with Gasteiger partial charge in [0.15, 0.2) is 0 Å². The molecule has 1 fully saturated rings. The first-order valence-electron chi connectivity index (χ1n) is 5.97. The number of hydrogen-bond donors (Lipinski definition) is 2. The largest absolute Gasteiger partial charge is 0.396 e. The monoisotopic (exact) mass is 268 g/mol. The molecule has 1 aliphatic rings. The summed E-state index contributed by atoms with van der Waals surface area (Å²) in [4.78, 5) is 13.8. The van der Waals surface area contributed by atoms with Crippen molar-refractivity contribution in [2.45, 2.75) is 6.92 Å². The van der Waals surface area contributed by atoms with Gasteiger partial charge in [-0.2, -0.15) is 0 Å². The lowest BCUT2D eigenvalue weighted by molar-refractivity contribution is -0.119. The number of anilines is 1. The van der Waals surface area contributed by atoms with Crippen LogP contribution in [-0.2, 0) is 4.79 Å². The third-order valence-corrected chi connectivity index (χ3v) is 3.37. The average molecular weight is 269 g/mol. The molecule has 18 heavy (non-hydrogen) atoms. The zero-order valence-corrected chi connectivity index (χ0v) is 11.1. The molecule has 1 heterocycles. The van der Waals surface area contributed by atoms with Gasteiger partial charge in [-0.25, -0.2) is 0 Å². The van der Waals surface area contributed by atoms with E-state index < -0.39 is 0 Å². The molecule has 0 saturated carbocycles. The van der Waals surface area contributed by atoms with Gasteiger partial charge in [0.2, 0.25) is 5.91 Å². The van der Waals surface area contributed by atoms with E-state index in [0.29, 0.717) is 23.2 Å². The van der Waals surface area contributed by atoms with Crippen molar-refractivity contribution in [2.24, 2.45) is 5.92 Å². The number of benzene rings is 1. The minimum absolute atomic E-state index is 0.0721. The summed E-state index contributed by atoms with van der Waals surface area (Å²) in [5.41, 5.74) is 1.71. The highest BCUT2D eigenvalue weighted by Crippen LogP contribution is 2.23. The Hall–Kier alpha value is -1.10. The summed E-state index contributed by atoms with van der Waals surface area (Å²) in [7, 11) is 0. The second-order valence-electron chi connectivity index (χ2n) is 4.77. The summed E-state index contributed by atoms with van der Waals surface area (Å²) in [5.74, 6) is 0.248. The number of aryl methyl sites for hydroxylation is 1. The van der Waals surface area contributed by atoms with E-state index in [-0.39, 0.29) is 12.5 Å². The highest BCUT2D eigenvalue weighted by atomic mass is 35.5. The summed E-state index contributed by atoms with van der Waals surface area (Å²) in [6.07, 6.45) is 0. The summed E-state index contributed by atoms with van der Waals surface area (Å²) < 4.78 is 0. The standard InChI is InChI=1S/C13H17ClN2O2/c1-9-2-3-12(11(14)4-9)15-13(18)7-16-5-10(6-16)8-17/h2-4,10,17H,5-8H2,1H3,(H,15,18). The summed E-state index contributed by atoms with van der Waals surface area (Å²) in [6, 6.07) is 5.54. The number of nitrogens with one attached hydrogen (secondary N) is 1. The normalized spacial score (nSPS) is 16.4. The SMILES string of the molecule is Cc1ccc(NC(=O)CN2CC(CO)C2)c(Cl)c1. The van der Waals surface area contributed by atoms with E-state index in [1.54, 1.807) is 0 Å². The number of rotatable bonds is 4. The van der Waals surface area contributed by atoms with Crippen LogP contribution in [0.5, 0.6) is 0 Å². The van der Waals surface area contributed by atoms with E-state index in [1.807, 2.05) is 30.0 Å². The molecular formula is C13H17ClN2O2. The van der Waals surface area contributed by atoms with Crippen LogP contribution in [0.15, 0.2) is 18.2 Å². The molecule has 1 aromatic carbocycles. The third kappa shape index (κ3) is 3.22. The molecular weight excluding hydrogens is 252 g/mol. The van der Waals surface area contributed by atoms with Gasteiger partial charge < -0.3 is 10.4 Å². The molecule has 0 unspecified atom stereocenters. The first-order chi connectivity index (χ1) is 8.58. The zero-order valence-electron chi connectivity index (χ0n) is 10.3. The molecule has 1 aliphatic heterocycles. The second kappa shape index (κ2) is 5.69. The van der Waals surface area contributed by atoms with Crippen molar-refractivity contribution in [1.82, 2.24) is 4.90 Å². The Labute approximate surface area is 112 Å². The Morgan fingerprint density at radius 3 is 2.89 bits per heavy atom. The molecule has 1 amide bonds. The van der Waals surface area contributed by atoms with Gasteiger partial charge in [-0.1, -0.05) is 17.7 Å². The van der Waals surface area contributed by atoms with E-state index in [0.717, 1.165) is 18.7 Å². The molecule has 1 aromatic rings. The third-order valence-electron chi connectivity index (χ3n) is 3.06. The van der Waals surface area contributed by atoms with E-state index in [9.17, 15) is 4.79 Å². The van der Waals surface area contributed by atoms with Crippen molar-refractivity contribution >= 4 is 23.2 Å². The average Bonchev–Trinajstić information content (AvgIpc) is 2.27. The molecule has 98 valence electrons. The van der Waals surface area contributed by atoms with Crippen LogP contribution in [0.2, 0.25) is 5.02 Å². The van der Waals surface area contributed by atoms with Crippen LogP contribution < -0.4 is 5.32 Å². The predicted molar refractivity (Wildman–Crippen MR) is 71.8 cm³/mol. The van der Waals surface area contributed by atoms with Gasteiger partial charge in [0.1, 0.15) is 0 Å². The molecule has 2 rings (SSSR count). The van der Waals surface area contributed by atoms with Gasteiger partial charge in [0, 0.05) is 25.6 Å². The topological polar surface area (TPSA) is 52.6 Å². The molecule has 0 aromatic heterocycles. The number of likely N-dealkylation sites (tertiary alicyclic amines) is 1. The number of aliphatic hydroxyl groups is 1. The number of halogens is 1. The van der Waals surface area contributed by atoms with Gasteiger partial charge >= 0.3 is 0 Å². The highest BCUT2D eigenvalue weighted by Gasteiger charge is 2.27. The number of amides is 1. The fraction of sp³-hybridized carbons (Fsp3) is 0.462. The second-order valence-corrected chi connectivity index (χ2v) is 5.18. The smallest absolute Gasteiger partial charge is 0.238 e. The van der Waals surface area contributed by atoms with Gasteiger partial charge in [-0.15, -0.1) is 0 Å². The van der Waals surface area contributed by atoms with Crippen LogP contribution in [0.4, 0.5) is 5.69 Å². The Morgan fingerprint density at radius 1 is 1.56 bits per heavy atom. The molecule has 5 heteroatoms. The number of nitrogens with zero attached hydrogens (tertiary/aromatic N) is 1. The van der Waals surface area contributed by atoms with E-state index in [4.69, 9.17) is 16.7 Å². The molecule has 2 N–H and O–H groups in total. The molecule has 0 atom stereocenters. The lowest BCUT2D eigenvalue weighted by Crippen LogP contribution is -2.51. The number of carbonyl (C=O) groups is 1. The van der Waals surface area contributed by atoms with Crippen LogP contribution in [0.3, 0.4) is 0 Å². The van der Waals surface area contributed by atoms with Crippen LogP contribution >= 0.6 is 11.6 Å². The number of hydrogen-bond acceptors (Lipinski definition) is 3.